The van der Waals surface area contributed by atoms with E-state index in [1.165, 1.54) is 10.8 Å². The van der Waals surface area contributed by atoms with Crippen LogP contribution in [-0.4, -0.2) is 18.1 Å². The van der Waals surface area contributed by atoms with Crippen LogP contribution in [0.5, 0.6) is 0 Å². The molecule has 5 N–H and O–H groups in total. The second-order valence-electron chi connectivity index (χ2n) is 3.52. The highest BCUT2D eigenvalue weighted by atomic mass is 16.3. The minimum Gasteiger partial charge on any atom is -0.483 e. The maximum absolute atomic E-state index is 8.36. The molecule has 0 amide bonds. The first-order valence-electron chi connectivity index (χ1n) is 5.25. The van der Waals surface area contributed by atoms with Crippen LogP contribution >= 0.6 is 0 Å². The van der Waals surface area contributed by atoms with E-state index in [2.05, 4.69) is 18.2 Å². The summed E-state index contributed by atoms with van der Waals surface area (Å²) in [6, 6.07) is 14.3. The summed E-state index contributed by atoms with van der Waals surface area (Å²) in [5, 5.41) is 9.31. The first kappa shape index (κ1) is 13.2. The van der Waals surface area contributed by atoms with Gasteiger partial charge in [-0.1, -0.05) is 42.5 Å². The molecule has 2 aromatic rings. The lowest BCUT2D eigenvalue weighted by Gasteiger charge is -2.12. The summed E-state index contributed by atoms with van der Waals surface area (Å²) >= 11 is 0. The Balaban J connectivity index is 0.000000437. The van der Waals surface area contributed by atoms with E-state index >= 15 is 0 Å². The zero-order valence-corrected chi connectivity index (χ0v) is 9.41. The van der Waals surface area contributed by atoms with Gasteiger partial charge in [0.25, 0.3) is 6.47 Å². The highest BCUT2D eigenvalue weighted by molar-refractivity contribution is 5.86. The molecule has 90 valence electrons. The predicted octanol–water partition coefficient (Wildman–Crippen LogP) is 1.50. The second-order valence-corrected chi connectivity index (χ2v) is 3.52. The second kappa shape index (κ2) is 6.62. The average molecular weight is 232 g/mol. The summed E-state index contributed by atoms with van der Waals surface area (Å²) in [5.74, 6) is 0. The molecule has 1 atom stereocenters. The third kappa shape index (κ3) is 3.27. The van der Waals surface area contributed by atoms with Crippen molar-refractivity contribution < 1.29 is 9.90 Å². The number of carbonyl (C=O) groups is 1. The van der Waals surface area contributed by atoms with Gasteiger partial charge >= 0.3 is 0 Å². The van der Waals surface area contributed by atoms with Gasteiger partial charge in [-0.15, -0.1) is 0 Å². The van der Waals surface area contributed by atoms with Crippen LogP contribution < -0.4 is 11.5 Å². The van der Waals surface area contributed by atoms with Gasteiger partial charge in [0, 0.05) is 12.6 Å². The fraction of sp³-hybridized carbons (Fsp3) is 0.154. The minimum atomic E-state index is -0.250. The fourth-order valence-electron chi connectivity index (χ4n) is 1.70. The molecule has 0 saturated heterocycles. The van der Waals surface area contributed by atoms with Gasteiger partial charge in [-0.05, 0) is 16.3 Å². The smallest absolute Gasteiger partial charge is 0.290 e. The molecular weight excluding hydrogens is 216 g/mol. The van der Waals surface area contributed by atoms with E-state index in [0.29, 0.717) is 6.54 Å². The maximum Gasteiger partial charge on any atom is 0.290 e. The van der Waals surface area contributed by atoms with Crippen molar-refractivity contribution in [2.45, 2.75) is 6.04 Å². The number of hydrogen-bond donors (Lipinski definition) is 3. The van der Waals surface area contributed by atoms with Crippen LogP contribution in [0.1, 0.15) is 11.6 Å². The molecule has 17 heavy (non-hydrogen) atoms. The standard InChI is InChI=1S/C12H14N2.CH2O2/c13-8-12(14)11-7-3-5-9-4-1-2-6-10(9)11;2-1-3/h1-7,12H,8,13-14H2;1H,(H,2,3). The molecule has 0 heterocycles. The van der Waals surface area contributed by atoms with Crippen molar-refractivity contribution in [3.05, 3.63) is 48.0 Å². The predicted molar refractivity (Wildman–Crippen MR) is 68.6 cm³/mol. The van der Waals surface area contributed by atoms with Gasteiger partial charge in [-0.3, -0.25) is 4.79 Å². The molecule has 0 saturated carbocycles. The van der Waals surface area contributed by atoms with E-state index < -0.39 is 0 Å². The largest absolute Gasteiger partial charge is 0.483 e. The van der Waals surface area contributed by atoms with Crippen molar-refractivity contribution in [2.75, 3.05) is 6.54 Å². The third-order valence-electron chi connectivity index (χ3n) is 2.48. The third-order valence-corrected chi connectivity index (χ3v) is 2.48. The van der Waals surface area contributed by atoms with Crippen LogP contribution in [0.4, 0.5) is 0 Å². The summed E-state index contributed by atoms with van der Waals surface area (Å²) in [4.78, 5) is 8.36. The summed E-state index contributed by atoms with van der Waals surface area (Å²) in [5.41, 5.74) is 12.6. The molecule has 0 aliphatic rings. The van der Waals surface area contributed by atoms with Crippen molar-refractivity contribution >= 4 is 17.2 Å². The Morgan fingerprint density at radius 3 is 2.41 bits per heavy atom. The Morgan fingerprint density at radius 2 is 1.76 bits per heavy atom. The molecule has 1 unspecified atom stereocenters. The van der Waals surface area contributed by atoms with Gasteiger partial charge in [0.05, 0.1) is 0 Å². The molecule has 0 aromatic heterocycles. The zero-order chi connectivity index (χ0) is 12.7. The Morgan fingerprint density at radius 1 is 1.18 bits per heavy atom. The molecule has 0 fully saturated rings. The molecule has 0 bridgehead atoms. The number of rotatable bonds is 2. The van der Waals surface area contributed by atoms with Crippen LogP contribution in [0.2, 0.25) is 0 Å². The highest BCUT2D eigenvalue weighted by Gasteiger charge is 2.06. The van der Waals surface area contributed by atoms with Crippen molar-refractivity contribution in [2.24, 2.45) is 11.5 Å². The Labute approximate surface area is 99.8 Å². The van der Waals surface area contributed by atoms with Crippen LogP contribution in [-0.2, 0) is 4.79 Å². The van der Waals surface area contributed by atoms with Gasteiger partial charge < -0.3 is 16.6 Å². The summed E-state index contributed by atoms with van der Waals surface area (Å²) in [6.45, 7) is 0.230. The molecule has 4 nitrogen and oxygen atoms in total. The summed E-state index contributed by atoms with van der Waals surface area (Å²) < 4.78 is 0. The molecule has 0 aliphatic heterocycles. The van der Waals surface area contributed by atoms with E-state index in [1.807, 2.05) is 24.3 Å². The lowest BCUT2D eigenvalue weighted by atomic mass is 9.99. The van der Waals surface area contributed by atoms with E-state index in [4.69, 9.17) is 21.4 Å². The Hall–Kier alpha value is -1.91. The SMILES string of the molecule is NCC(N)c1cccc2ccccc12.O=CO. The van der Waals surface area contributed by atoms with Crippen LogP contribution in [0.3, 0.4) is 0 Å². The van der Waals surface area contributed by atoms with Crippen LogP contribution in [0.15, 0.2) is 42.5 Å². The molecule has 2 aromatic carbocycles. The maximum atomic E-state index is 8.36. The normalized spacial score (nSPS) is 11.4. The van der Waals surface area contributed by atoms with Gasteiger partial charge in [0.1, 0.15) is 0 Å². The lowest BCUT2D eigenvalue weighted by molar-refractivity contribution is -0.122. The number of hydrogen-bond acceptors (Lipinski definition) is 3. The van der Waals surface area contributed by atoms with Crippen molar-refractivity contribution in [3.63, 3.8) is 0 Å². The minimum absolute atomic E-state index is 0.0684. The molecule has 2 rings (SSSR count). The number of fused-ring (bicyclic) bond motifs is 1. The quantitative estimate of drug-likeness (QED) is 0.684. The highest BCUT2D eigenvalue weighted by Crippen LogP contribution is 2.22. The van der Waals surface area contributed by atoms with E-state index in [-0.39, 0.29) is 12.5 Å². The molecule has 0 aliphatic carbocycles. The van der Waals surface area contributed by atoms with Gasteiger partial charge in [0.15, 0.2) is 0 Å². The Kier molecular flexibility index (Phi) is 5.13. The molecule has 4 heteroatoms. The fourth-order valence-corrected chi connectivity index (χ4v) is 1.70. The summed E-state index contributed by atoms with van der Waals surface area (Å²) in [6.07, 6.45) is 0. The van der Waals surface area contributed by atoms with Gasteiger partial charge in [-0.2, -0.15) is 0 Å². The van der Waals surface area contributed by atoms with Crippen molar-refractivity contribution in [1.82, 2.24) is 0 Å². The topological polar surface area (TPSA) is 89.3 Å². The first-order valence-corrected chi connectivity index (χ1v) is 5.25. The monoisotopic (exact) mass is 232 g/mol. The number of carboxylic acid groups (broad SMARTS) is 1. The van der Waals surface area contributed by atoms with Crippen LogP contribution in [0, 0.1) is 0 Å². The van der Waals surface area contributed by atoms with E-state index in [1.54, 1.807) is 0 Å². The van der Waals surface area contributed by atoms with Crippen molar-refractivity contribution in [3.8, 4) is 0 Å². The molecular formula is C13H16N2O2. The first-order chi connectivity index (χ1) is 8.24. The summed E-state index contributed by atoms with van der Waals surface area (Å²) in [7, 11) is 0. The average Bonchev–Trinajstić information content (AvgIpc) is 2.38. The van der Waals surface area contributed by atoms with Crippen molar-refractivity contribution in [1.29, 1.82) is 0 Å². The van der Waals surface area contributed by atoms with Gasteiger partial charge in [0.2, 0.25) is 0 Å². The number of nitrogens with two attached hydrogens (primary N) is 2. The number of benzene rings is 2. The molecule has 0 spiro atoms. The van der Waals surface area contributed by atoms with Crippen LogP contribution in [0.25, 0.3) is 10.8 Å². The molecule has 0 radical (unpaired) electrons. The van der Waals surface area contributed by atoms with Gasteiger partial charge in [-0.25, -0.2) is 0 Å². The lowest BCUT2D eigenvalue weighted by Crippen LogP contribution is -2.20. The van der Waals surface area contributed by atoms with E-state index in [9.17, 15) is 0 Å². The van der Waals surface area contributed by atoms with E-state index in [0.717, 1.165) is 5.56 Å². The Bertz CT molecular complexity index is 480. The zero-order valence-electron chi connectivity index (χ0n) is 9.41.